The Kier molecular flexibility index (Phi) is 25.0. The molecule has 0 atom stereocenters. The molecule has 0 saturated heterocycles. The van der Waals surface area contributed by atoms with Gasteiger partial charge in [0.1, 0.15) is 28.2 Å². The van der Waals surface area contributed by atoms with Gasteiger partial charge < -0.3 is 0 Å². The second-order valence-electron chi connectivity index (χ2n) is 32.2. The molecular formula is C112H112N4+4. The van der Waals surface area contributed by atoms with Gasteiger partial charge in [-0.3, -0.25) is 0 Å². The lowest BCUT2D eigenvalue weighted by atomic mass is 9.91. The van der Waals surface area contributed by atoms with Crippen LogP contribution in [-0.2, 0) is 28.2 Å². The second-order valence-corrected chi connectivity index (χ2v) is 32.2. The van der Waals surface area contributed by atoms with Gasteiger partial charge in [-0.1, -0.05) is 230 Å². The molecule has 0 saturated carbocycles. The Labute approximate surface area is 691 Å². The van der Waals surface area contributed by atoms with E-state index in [9.17, 15) is 0 Å². The molecule has 4 nitrogen and oxygen atoms in total. The molecule has 0 aliphatic carbocycles. The van der Waals surface area contributed by atoms with E-state index in [1.54, 1.807) is 0 Å². The summed E-state index contributed by atoms with van der Waals surface area (Å²) in [5.74, 6) is 0. The maximum absolute atomic E-state index is 2.34. The van der Waals surface area contributed by atoms with E-state index in [1.165, 1.54) is 223 Å². The lowest BCUT2D eigenvalue weighted by Gasteiger charge is -2.14. The number of pyridine rings is 4. The van der Waals surface area contributed by atoms with Crippen LogP contribution in [0, 0.1) is 111 Å². The third kappa shape index (κ3) is 18.1. The normalized spacial score (nSPS) is 10.9. The van der Waals surface area contributed by atoms with Crippen molar-refractivity contribution in [2.75, 3.05) is 0 Å². The fourth-order valence-electron chi connectivity index (χ4n) is 16.8. The molecule has 4 heteroatoms. The first-order valence-electron chi connectivity index (χ1n) is 40.7. The average molecular weight is 1510 g/mol. The van der Waals surface area contributed by atoms with E-state index in [4.69, 9.17) is 0 Å². The summed E-state index contributed by atoms with van der Waals surface area (Å²) in [4.78, 5) is 0. The van der Waals surface area contributed by atoms with Gasteiger partial charge in [-0.25, -0.2) is 18.3 Å². The summed E-state index contributed by atoms with van der Waals surface area (Å²) in [6.07, 6.45) is 8.69. The predicted octanol–water partition coefficient (Wildman–Crippen LogP) is 27.0. The summed E-state index contributed by atoms with van der Waals surface area (Å²) in [5.41, 5.74) is 51.5. The van der Waals surface area contributed by atoms with Crippen molar-refractivity contribution < 1.29 is 18.3 Å². The fraction of sp³-hybridized carbons (Fsp3) is 0.179. The summed E-state index contributed by atoms with van der Waals surface area (Å²) < 4.78 is 8.89. The third-order valence-corrected chi connectivity index (χ3v) is 23.4. The summed E-state index contributed by atoms with van der Waals surface area (Å²) in [7, 11) is 8.51. The number of hydrogen-bond donors (Lipinski definition) is 0. The van der Waals surface area contributed by atoms with Crippen molar-refractivity contribution in [2.24, 2.45) is 28.2 Å². The number of rotatable bonds is 12. The largest absolute Gasteiger partial charge is 0.213 e. The first kappa shape index (κ1) is 81.3. The van der Waals surface area contributed by atoms with Crippen molar-refractivity contribution in [3.8, 4) is 134 Å². The number of benzene rings is 12. The van der Waals surface area contributed by atoms with Crippen molar-refractivity contribution in [3.63, 3.8) is 0 Å². The van der Waals surface area contributed by atoms with E-state index in [-0.39, 0.29) is 0 Å². The molecule has 4 aromatic heterocycles. The summed E-state index contributed by atoms with van der Waals surface area (Å²) >= 11 is 0. The average Bonchev–Trinajstić information content (AvgIpc) is 0.794. The van der Waals surface area contributed by atoms with Crippen molar-refractivity contribution in [3.05, 3.63) is 405 Å². The predicted molar refractivity (Wildman–Crippen MR) is 491 cm³/mol. The molecule has 16 rings (SSSR count). The molecule has 0 amide bonds. The van der Waals surface area contributed by atoms with Crippen molar-refractivity contribution >= 4 is 0 Å². The highest BCUT2D eigenvalue weighted by molar-refractivity contribution is 5.83. The quantitative estimate of drug-likeness (QED) is 0.108. The van der Waals surface area contributed by atoms with Crippen LogP contribution in [0.1, 0.15) is 89.0 Å². The molecule has 0 N–H and O–H groups in total. The molecule has 576 valence electrons. The number of aromatic nitrogens is 4. The van der Waals surface area contributed by atoms with Crippen molar-refractivity contribution in [1.82, 2.24) is 0 Å². The van der Waals surface area contributed by atoms with Crippen LogP contribution in [-0.4, -0.2) is 0 Å². The molecule has 116 heavy (non-hydrogen) atoms. The number of hydrogen-bond acceptors (Lipinski definition) is 0. The van der Waals surface area contributed by atoms with Crippen LogP contribution >= 0.6 is 0 Å². The summed E-state index contributed by atoms with van der Waals surface area (Å²) in [6, 6.07) is 106. The summed E-state index contributed by atoms with van der Waals surface area (Å²) in [5, 5.41) is 0. The molecule has 12 aromatic carbocycles. The van der Waals surface area contributed by atoms with E-state index >= 15 is 0 Å². The van der Waals surface area contributed by atoms with Gasteiger partial charge in [0.2, 0.25) is 22.8 Å². The fourth-order valence-corrected chi connectivity index (χ4v) is 16.8. The molecule has 0 bridgehead atoms. The van der Waals surface area contributed by atoms with E-state index in [2.05, 4.69) is 473 Å². The van der Waals surface area contributed by atoms with Crippen molar-refractivity contribution in [1.29, 1.82) is 0 Å². The van der Waals surface area contributed by atoms with Crippen LogP contribution in [0.4, 0.5) is 0 Å². The lowest BCUT2D eigenvalue weighted by Crippen LogP contribution is -2.30. The minimum atomic E-state index is 1.23. The Balaban J connectivity index is 0.000000135. The van der Waals surface area contributed by atoms with Gasteiger partial charge in [-0.2, -0.15) is 0 Å². The Morgan fingerprint density at radius 2 is 0.371 bits per heavy atom. The van der Waals surface area contributed by atoms with E-state index in [0.29, 0.717) is 0 Å². The van der Waals surface area contributed by atoms with Crippen molar-refractivity contribution in [2.45, 2.75) is 111 Å². The maximum Gasteiger partial charge on any atom is 0.213 e. The zero-order valence-corrected chi connectivity index (χ0v) is 71.8. The topological polar surface area (TPSA) is 15.5 Å². The Bertz CT molecular complexity index is 6200. The molecule has 0 aliphatic rings. The summed E-state index contributed by atoms with van der Waals surface area (Å²) in [6.45, 7) is 35.0. The van der Waals surface area contributed by atoms with E-state index in [1.807, 2.05) is 0 Å². The third-order valence-electron chi connectivity index (χ3n) is 23.4. The Hall–Kier alpha value is -12.8. The molecular weight excluding hydrogens is 1400 g/mol. The Morgan fingerprint density at radius 1 is 0.147 bits per heavy atom. The van der Waals surface area contributed by atoms with Gasteiger partial charge >= 0.3 is 0 Å². The Morgan fingerprint density at radius 3 is 0.655 bits per heavy atom. The zero-order valence-electron chi connectivity index (χ0n) is 71.8. The van der Waals surface area contributed by atoms with Gasteiger partial charge in [0.25, 0.3) is 0 Å². The molecule has 4 heterocycles. The van der Waals surface area contributed by atoms with Crippen LogP contribution in [0.5, 0.6) is 0 Å². The molecule has 0 aliphatic heterocycles. The highest BCUT2D eigenvalue weighted by atomic mass is 14.9. The number of aryl methyl sites for hydroxylation is 20. The van der Waals surface area contributed by atoms with E-state index < -0.39 is 0 Å². The first-order chi connectivity index (χ1) is 55.8. The SMILES string of the molecule is Cc1cc(C)c(-c2cc[n+](C)c(-c3cc(-c4ccccc4C)ccc3C)c2)c(C)c1.Cc1ccc(-c2cc[n+](C)c(-c3cc(-c4ccccc4C)ccc3C)c2)c(C)c1.Cc1ccccc1-c1ccc(C)c(-c2cc(-c3c(C)cccc3C)cc[n+]2C)c1.Cc1ccccc1-c1ccc(C)c(-c2cc(-c3ccccc3C)cc[n+]2C)c1. The standard InChI is InChI=1S/C29H30N.2C28H28N.C27H26N/c1-19-15-22(4)29(23(5)16-19)25-13-14-30(6)28(18-25)27-17-24(12-11-21(27)3)26-10-8-7-9-20(26)2;1-19-9-6-7-12-25(19)23-14-13-20(2)26(17-23)27-18-24(15-16-29(27)5)28-21(3)10-8-11-22(28)4;1-19-10-13-26(22(4)16-19)24-14-15-29(5)28(18-24)27-17-23(12-11-21(27)3)25-9-7-6-8-20(25)2;1-19-9-5-7-11-24(19)22-14-13-21(3)26(17-22)27-18-23(15-16-28(27)4)25-12-8-6-10-20(25)2/h7-18H,1-6H3;2*6-18H,1-5H3;5-18H,1-4H3/q4*+1. The lowest BCUT2D eigenvalue weighted by molar-refractivity contribution is -0.660. The highest BCUT2D eigenvalue weighted by Gasteiger charge is 2.23. The zero-order chi connectivity index (χ0) is 82.2. The highest BCUT2D eigenvalue weighted by Crippen LogP contribution is 2.39. The molecule has 0 spiro atoms. The minimum absolute atomic E-state index is 1.23. The number of nitrogens with zero attached hydrogens (tertiary/aromatic N) is 4. The molecule has 0 radical (unpaired) electrons. The molecule has 0 unspecified atom stereocenters. The first-order valence-corrected chi connectivity index (χ1v) is 40.7. The van der Waals surface area contributed by atoms with Crippen LogP contribution in [0.2, 0.25) is 0 Å². The van der Waals surface area contributed by atoms with Crippen LogP contribution in [0.25, 0.3) is 134 Å². The van der Waals surface area contributed by atoms with E-state index in [0.717, 1.165) is 0 Å². The maximum atomic E-state index is 2.34. The van der Waals surface area contributed by atoms with Gasteiger partial charge in [-0.15, -0.1) is 0 Å². The second kappa shape index (κ2) is 35.7. The van der Waals surface area contributed by atoms with Crippen LogP contribution in [0.3, 0.4) is 0 Å². The van der Waals surface area contributed by atoms with Crippen LogP contribution in [0.15, 0.2) is 316 Å². The van der Waals surface area contributed by atoms with Gasteiger partial charge in [0.05, 0.1) is 0 Å². The molecule has 16 aromatic rings. The van der Waals surface area contributed by atoms with Gasteiger partial charge in [0, 0.05) is 70.8 Å². The van der Waals surface area contributed by atoms with Crippen LogP contribution < -0.4 is 18.3 Å². The monoisotopic (exact) mass is 1510 g/mol. The minimum Gasteiger partial charge on any atom is -0.201 e. The van der Waals surface area contributed by atoms with Gasteiger partial charge in [-0.05, 0) is 302 Å². The smallest absolute Gasteiger partial charge is 0.201 e. The molecule has 0 fully saturated rings. The van der Waals surface area contributed by atoms with Gasteiger partial charge in [0.15, 0.2) is 24.8 Å².